The number of nitrogens with one attached hydrogen (secondary N) is 2. The Morgan fingerprint density at radius 3 is 2.78 bits per heavy atom. The van der Waals surface area contributed by atoms with Crippen LogP contribution in [0.1, 0.15) is 12.0 Å². The molecule has 120 valence electrons. The summed E-state index contributed by atoms with van der Waals surface area (Å²) in [5.74, 6) is 0.342. The first-order chi connectivity index (χ1) is 11.0. The number of benzene rings is 2. The van der Waals surface area contributed by atoms with E-state index in [0.29, 0.717) is 11.5 Å². The number of hydrogen-bond donors (Lipinski definition) is 2. The molecule has 7 heteroatoms. The van der Waals surface area contributed by atoms with Crippen molar-refractivity contribution in [3.63, 3.8) is 0 Å². The molecule has 1 aliphatic heterocycles. The molecule has 23 heavy (non-hydrogen) atoms. The third-order valence-corrected chi connectivity index (χ3v) is 5.74. The average molecular weight is 347 g/mol. The van der Waals surface area contributed by atoms with Gasteiger partial charge in [-0.1, -0.05) is 42.5 Å². The van der Waals surface area contributed by atoms with Crippen LogP contribution in [0.25, 0.3) is 10.8 Å². The summed E-state index contributed by atoms with van der Waals surface area (Å²) in [7, 11) is -2.92. The second-order valence-electron chi connectivity index (χ2n) is 5.51. The number of hydrogen-bond acceptors (Lipinski definition) is 4. The number of sulfone groups is 1. The number of rotatable bonds is 3. The van der Waals surface area contributed by atoms with Crippen molar-refractivity contribution in [2.75, 3.05) is 11.5 Å². The Kier molecular flexibility index (Phi) is 4.58. The standard InChI is InChI=1S/C16H17N3O2S2/c20-23(21)9-8-14(11-23)18-16(22)19-17-10-13-6-3-5-12-4-1-2-7-15(12)13/h1-7,10,14H,8-9,11H2,(H2,18,19,22). The molecule has 1 fully saturated rings. The van der Waals surface area contributed by atoms with Crippen molar-refractivity contribution in [2.45, 2.75) is 12.5 Å². The third kappa shape index (κ3) is 4.05. The van der Waals surface area contributed by atoms with Crippen LogP contribution in [0.3, 0.4) is 0 Å². The third-order valence-electron chi connectivity index (χ3n) is 3.76. The van der Waals surface area contributed by atoms with Crippen LogP contribution in [0.15, 0.2) is 47.6 Å². The molecule has 0 aromatic heterocycles. The van der Waals surface area contributed by atoms with Crippen LogP contribution in [0.5, 0.6) is 0 Å². The van der Waals surface area contributed by atoms with E-state index in [1.807, 2.05) is 42.5 Å². The van der Waals surface area contributed by atoms with Gasteiger partial charge in [0.25, 0.3) is 0 Å². The van der Waals surface area contributed by atoms with E-state index in [9.17, 15) is 8.42 Å². The molecule has 2 aromatic rings. The van der Waals surface area contributed by atoms with Gasteiger partial charge >= 0.3 is 0 Å². The lowest BCUT2D eigenvalue weighted by Gasteiger charge is -2.12. The maximum atomic E-state index is 11.4. The number of fused-ring (bicyclic) bond motifs is 1. The van der Waals surface area contributed by atoms with Crippen LogP contribution < -0.4 is 10.7 Å². The Morgan fingerprint density at radius 2 is 2.00 bits per heavy atom. The predicted molar refractivity (Wildman–Crippen MR) is 97.5 cm³/mol. The topological polar surface area (TPSA) is 70.6 Å². The van der Waals surface area contributed by atoms with Gasteiger partial charge in [-0.05, 0) is 29.4 Å². The van der Waals surface area contributed by atoms with Crippen molar-refractivity contribution in [3.8, 4) is 0 Å². The molecular weight excluding hydrogens is 330 g/mol. The van der Waals surface area contributed by atoms with Crippen LogP contribution in [0, 0.1) is 0 Å². The molecule has 0 amide bonds. The van der Waals surface area contributed by atoms with Crippen molar-refractivity contribution in [1.82, 2.24) is 10.7 Å². The molecular formula is C16H17N3O2S2. The minimum atomic E-state index is -2.92. The highest BCUT2D eigenvalue weighted by molar-refractivity contribution is 7.91. The SMILES string of the molecule is O=S1(=O)CCC(NC(=S)NN=Cc2cccc3ccccc23)C1. The molecule has 0 saturated carbocycles. The molecule has 0 aliphatic carbocycles. The maximum absolute atomic E-state index is 11.4. The maximum Gasteiger partial charge on any atom is 0.187 e. The second-order valence-corrected chi connectivity index (χ2v) is 8.15. The summed E-state index contributed by atoms with van der Waals surface area (Å²) in [6.45, 7) is 0. The normalized spacial score (nSPS) is 19.9. The molecule has 1 atom stereocenters. The van der Waals surface area contributed by atoms with Crippen molar-refractivity contribution < 1.29 is 8.42 Å². The molecule has 3 rings (SSSR count). The zero-order valence-corrected chi connectivity index (χ0v) is 14.0. The zero-order valence-electron chi connectivity index (χ0n) is 12.4. The van der Waals surface area contributed by atoms with E-state index < -0.39 is 9.84 Å². The van der Waals surface area contributed by atoms with Gasteiger partial charge in [0.05, 0.1) is 17.7 Å². The summed E-state index contributed by atoms with van der Waals surface area (Å²) in [6, 6.07) is 13.9. The summed E-state index contributed by atoms with van der Waals surface area (Å²) in [4.78, 5) is 0. The molecule has 1 saturated heterocycles. The Labute approximate surface area is 140 Å². The first kappa shape index (κ1) is 15.9. The van der Waals surface area contributed by atoms with Crippen LogP contribution in [-0.4, -0.2) is 37.3 Å². The highest BCUT2D eigenvalue weighted by Crippen LogP contribution is 2.16. The smallest absolute Gasteiger partial charge is 0.187 e. The molecule has 1 aliphatic rings. The molecule has 1 unspecified atom stereocenters. The minimum Gasteiger partial charge on any atom is -0.358 e. The highest BCUT2D eigenvalue weighted by Gasteiger charge is 2.28. The lowest BCUT2D eigenvalue weighted by atomic mass is 10.1. The van der Waals surface area contributed by atoms with Gasteiger partial charge in [0, 0.05) is 11.6 Å². The second kappa shape index (κ2) is 6.64. The molecule has 2 N–H and O–H groups in total. The molecule has 2 aromatic carbocycles. The van der Waals surface area contributed by atoms with Gasteiger partial charge in [0.15, 0.2) is 14.9 Å². The molecule has 0 bridgehead atoms. The van der Waals surface area contributed by atoms with Crippen LogP contribution >= 0.6 is 12.2 Å². The Morgan fingerprint density at radius 1 is 1.22 bits per heavy atom. The molecule has 0 spiro atoms. The summed E-state index contributed by atoms with van der Waals surface area (Å²) in [6.07, 6.45) is 2.29. The largest absolute Gasteiger partial charge is 0.358 e. The van der Waals surface area contributed by atoms with E-state index in [0.717, 1.165) is 16.3 Å². The van der Waals surface area contributed by atoms with E-state index in [4.69, 9.17) is 12.2 Å². The summed E-state index contributed by atoms with van der Waals surface area (Å²) in [5.41, 5.74) is 3.73. The van der Waals surface area contributed by atoms with E-state index >= 15 is 0 Å². The van der Waals surface area contributed by atoms with Gasteiger partial charge in [0.1, 0.15) is 0 Å². The zero-order chi connectivity index (χ0) is 16.3. The lowest BCUT2D eigenvalue weighted by molar-refractivity contribution is 0.600. The number of thiocarbonyl (C=S) groups is 1. The van der Waals surface area contributed by atoms with Crippen molar-refractivity contribution in [3.05, 3.63) is 48.0 Å². The van der Waals surface area contributed by atoms with Gasteiger partial charge in [-0.15, -0.1) is 0 Å². The number of nitrogens with zero attached hydrogens (tertiary/aromatic N) is 1. The summed E-state index contributed by atoms with van der Waals surface area (Å²) >= 11 is 5.15. The number of hydrazone groups is 1. The van der Waals surface area contributed by atoms with Crippen molar-refractivity contribution in [1.29, 1.82) is 0 Å². The molecule has 5 nitrogen and oxygen atoms in total. The van der Waals surface area contributed by atoms with Crippen LogP contribution in [-0.2, 0) is 9.84 Å². The van der Waals surface area contributed by atoms with Crippen LogP contribution in [0.2, 0.25) is 0 Å². The van der Waals surface area contributed by atoms with Gasteiger partial charge in [-0.2, -0.15) is 5.10 Å². The summed E-state index contributed by atoms with van der Waals surface area (Å²) in [5, 5.41) is 9.72. The minimum absolute atomic E-state index is 0.127. The molecule has 0 radical (unpaired) electrons. The van der Waals surface area contributed by atoms with E-state index in [2.05, 4.69) is 15.8 Å². The average Bonchev–Trinajstić information content (AvgIpc) is 2.86. The van der Waals surface area contributed by atoms with E-state index in [1.165, 1.54) is 0 Å². The van der Waals surface area contributed by atoms with Gasteiger partial charge in [-0.25, -0.2) is 8.42 Å². The fraction of sp³-hybridized carbons (Fsp3) is 0.250. The fourth-order valence-corrected chi connectivity index (χ4v) is 4.54. The van der Waals surface area contributed by atoms with Crippen molar-refractivity contribution >= 4 is 44.2 Å². The Balaban J connectivity index is 1.61. The fourth-order valence-electron chi connectivity index (χ4n) is 2.65. The highest BCUT2D eigenvalue weighted by atomic mass is 32.2. The monoisotopic (exact) mass is 347 g/mol. The van der Waals surface area contributed by atoms with Gasteiger partial charge < -0.3 is 5.32 Å². The predicted octanol–water partition coefficient (Wildman–Crippen LogP) is 1.82. The summed E-state index contributed by atoms with van der Waals surface area (Å²) < 4.78 is 22.8. The quantitative estimate of drug-likeness (QED) is 0.504. The first-order valence-electron chi connectivity index (χ1n) is 7.31. The van der Waals surface area contributed by atoms with Crippen LogP contribution in [0.4, 0.5) is 0 Å². The Hall–Kier alpha value is -1.99. The van der Waals surface area contributed by atoms with Crippen molar-refractivity contribution in [2.24, 2.45) is 5.10 Å². The van der Waals surface area contributed by atoms with Gasteiger partial charge in [-0.3, -0.25) is 5.43 Å². The lowest BCUT2D eigenvalue weighted by Crippen LogP contribution is -2.40. The molecule has 1 heterocycles. The van der Waals surface area contributed by atoms with E-state index in [-0.39, 0.29) is 17.5 Å². The first-order valence-corrected chi connectivity index (χ1v) is 9.54. The van der Waals surface area contributed by atoms with E-state index in [1.54, 1.807) is 6.21 Å². The van der Waals surface area contributed by atoms with Gasteiger partial charge in [0.2, 0.25) is 0 Å². The Bertz CT molecular complexity index is 857.